The van der Waals surface area contributed by atoms with Crippen LogP contribution in [-0.4, -0.2) is 41.9 Å². The van der Waals surface area contributed by atoms with Crippen molar-refractivity contribution >= 4 is 22.5 Å². The molecule has 0 aliphatic carbocycles. The van der Waals surface area contributed by atoms with Crippen molar-refractivity contribution in [1.82, 2.24) is 15.5 Å². The fourth-order valence-electron chi connectivity index (χ4n) is 2.02. The molecule has 1 unspecified atom stereocenters. The largest absolute Gasteiger partial charge is 0.366 e. The lowest BCUT2D eigenvalue weighted by molar-refractivity contribution is -0.128. The second-order valence-electron chi connectivity index (χ2n) is 4.19. The summed E-state index contributed by atoms with van der Waals surface area (Å²) in [5, 5.41) is 13.8. The van der Waals surface area contributed by atoms with Crippen molar-refractivity contribution in [1.29, 1.82) is 0 Å². The van der Waals surface area contributed by atoms with Gasteiger partial charge in [-0.3, -0.25) is 9.89 Å². The van der Waals surface area contributed by atoms with Gasteiger partial charge in [-0.15, -0.1) is 0 Å². The number of rotatable bonds is 2. The number of benzene rings is 1. The van der Waals surface area contributed by atoms with Crippen LogP contribution in [0.15, 0.2) is 24.4 Å². The maximum absolute atomic E-state index is 12.0. The fraction of sp³-hybridized carbons (Fsp3) is 0.333. The molecule has 0 bridgehead atoms. The molecule has 1 amide bonds. The minimum absolute atomic E-state index is 0.135. The van der Waals surface area contributed by atoms with Crippen molar-refractivity contribution in [2.75, 3.05) is 25.0 Å². The molecule has 1 saturated heterocycles. The minimum atomic E-state index is -0.433. The van der Waals surface area contributed by atoms with E-state index in [-0.39, 0.29) is 5.91 Å². The maximum Gasteiger partial charge on any atom is 0.254 e. The van der Waals surface area contributed by atoms with Gasteiger partial charge < -0.3 is 15.4 Å². The van der Waals surface area contributed by atoms with Gasteiger partial charge in [-0.25, -0.2) is 0 Å². The lowest BCUT2D eigenvalue weighted by Gasteiger charge is -2.22. The van der Waals surface area contributed by atoms with E-state index in [9.17, 15) is 4.79 Å². The van der Waals surface area contributed by atoms with Gasteiger partial charge in [0.15, 0.2) is 0 Å². The van der Waals surface area contributed by atoms with Crippen molar-refractivity contribution in [2.24, 2.45) is 0 Å². The number of fused-ring (bicyclic) bond motifs is 1. The molecule has 3 rings (SSSR count). The molecule has 0 radical (unpaired) electrons. The van der Waals surface area contributed by atoms with Crippen LogP contribution in [0.5, 0.6) is 0 Å². The number of aromatic amines is 1. The van der Waals surface area contributed by atoms with E-state index in [0.717, 1.165) is 23.1 Å². The van der Waals surface area contributed by atoms with Crippen LogP contribution in [0.4, 0.5) is 5.69 Å². The van der Waals surface area contributed by atoms with Crippen LogP contribution >= 0.6 is 0 Å². The maximum atomic E-state index is 12.0. The Kier molecular flexibility index (Phi) is 2.95. The van der Waals surface area contributed by atoms with E-state index in [4.69, 9.17) is 4.74 Å². The normalized spacial score (nSPS) is 19.9. The summed E-state index contributed by atoms with van der Waals surface area (Å²) in [4.78, 5) is 12.0. The number of carbonyl (C=O) groups is 1. The molecule has 6 heteroatoms. The summed E-state index contributed by atoms with van der Waals surface area (Å²) in [5.74, 6) is -0.135. The van der Waals surface area contributed by atoms with Gasteiger partial charge in [0, 0.05) is 18.5 Å². The molecule has 2 heterocycles. The third-order valence-electron chi connectivity index (χ3n) is 2.95. The molecule has 3 N–H and O–H groups in total. The highest BCUT2D eigenvalue weighted by atomic mass is 16.5. The van der Waals surface area contributed by atoms with E-state index in [1.165, 1.54) is 0 Å². The first kappa shape index (κ1) is 11.2. The molecular formula is C12H14N4O2. The van der Waals surface area contributed by atoms with Crippen LogP contribution in [0.25, 0.3) is 10.9 Å². The van der Waals surface area contributed by atoms with Gasteiger partial charge in [0.2, 0.25) is 0 Å². The van der Waals surface area contributed by atoms with Gasteiger partial charge >= 0.3 is 0 Å². The molecule has 6 nitrogen and oxygen atoms in total. The van der Waals surface area contributed by atoms with E-state index < -0.39 is 6.10 Å². The van der Waals surface area contributed by atoms with Crippen LogP contribution in [0.3, 0.4) is 0 Å². The quantitative estimate of drug-likeness (QED) is 0.720. The molecule has 1 aliphatic rings. The third-order valence-corrected chi connectivity index (χ3v) is 2.95. The molecule has 2 aromatic rings. The number of para-hydroxylation sites is 1. The van der Waals surface area contributed by atoms with Gasteiger partial charge in [-0.1, -0.05) is 12.1 Å². The molecule has 1 aromatic carbocycles. The van der Waals surface area contributed by atoms with Crippen molar-refractivity contribution < 1.29 is 9.53 Å². The number of morpholine rings is 1. The standard InChI is InChI=1S/C12H14N4O2/c17-12(10-7-13-4-5-18-10)15-9-3-1-2-8-6-14-16-11(8)9/h1-3,6,10,13H,4-5,7H2,(H,14,16)(H,15,17). The zero-order valence-corrected chi connectivity index (χ0v) is 9.77. The minimum Gasteiger partial charge on any atom is -0.366 e. The second-order valence-corrected chi connectivity index (χ2v) is 4.19. The Balaban J connectivity index is 1.79. The monoisotopic (exact) mass is 246 g/mol. The Morgan fingerprint density at radius 3 is 3.28 bits per heavy atom. The summed E-state index contributed by atoms with van der Waals surface area (Å²) >= 11 is 0. The molecule has 1 aliphatic heterocycles. The first-order valence-electron chi connectivity index (χ1n) is 5.90. The fourth-order valence-corrected chi connectivity index (χ4v) is 2.02. The number of carbonyl (C=O) groups excluding carboxylic acids is 1. The van der Waals surface area contributed by atoms with Crippen molar-refractivity contribution in [3.63, 3.8) is 0 Å². The van der Waals surface area contributed by atoms with Crippen molar-refractivity contribution in [3.8, 4) is 0 Å². The molecule has 94 valence electrons. The summed E-state index contributed by atoms with van der Waals surface area (Å²) < 4.78 is 5.41. The van der Waals surface area contributed by atoms with E-state index in [1.54, 1.807) is 6.20 Å². The van der Waals surface area contributed by atoms with Crippen LogP contribution < -0.4 is 10.6 Å². The van der Waals surface area contributed by atoms with Crippen molar-refractivity contribution in [3.05, 3.63) is 24.4 Å². The number of nitrogens with one attached hydrogen (secondary N) is 3. The first-order valence-corrected chi connectivity index (χ1v) is 5.90. The number of H-pyrrole nitrogens is 1. The molecule has 0 saturated carbocycles. The Morgan fingerprint density at radius 2 is 2.44 bits per heavy atom. The van der Waals surface area contributed by atoms with Crippen LogP contribution in [0.2, 0.25) is 0 Å². The highest BCUT2D eigenvalue weighted by Crippen LogP contribution is 2.20. The summed E-state index contributed by atoms with van der Waals surface area (Å²) in [7, 11) is 0. The zero-order chi connectivity index (χ0) is 12.4. The van der Waals surface area contributed by atoms with Crippen LogP contribution in [0, 0.1) is 0 Å². The highest BCUT2D eigenvalue weighted by molar-refractivity contribution is 6.01. The molecule has 1 aromatic heterocycles. The third kappa shape index (κ3) is 2.07. The Hall–Kier alpha value is -1.92. The van der Waals surface area contributed by atoms with Crippen molar-refractivity contribution in [2.45, 2.75) is 6.10 Å². The zero-order valence-electron chi connectivity index (χ0n) is 9.77. The van der Waals surface area contributed by atoms with E-state index in [0.29, 0.717) is 13.2 Å². The number of aromatic nitrogens is 2. The molecule has 18 heavy (non-hydrogen) atoms. The predicted molar refractivity (Wildman–Crippen MR) is 67.3 cm³/mol. The Morgan fingerprint density at radius 1 is 1.50 bits per heavy atom. The molecular weight excluding hydrogens is 232 g/mol. The number of hydrogen-bond acceptors (Lipinski definition) is 4. The molecule has 0 spiro atoms. The summed E-state index contributed by atoms with van der Waals surface area (Å²) in [6, 6.07) is 5.66. The number of ether oxygens (including phenoxy) is 1. The van der Waals surface area contributed by atoms with Gasteiger partial charge in [0.25, 0.3) is 5.91 Å². The first-order chi connectivity index (χ1) is 8.84. The van der Waals surface area contributed by atoms with Crippen LogP contribution in [-0.2, 0) is 9.53 Å². The SMILES string of the molecule is O=C(Nc1cccc2cn[nH]c12)C1CNCCO1. The van der Waals surface area contributed by atoms with Gasteiger partial charge in [0.05, 0.1) is 24.0 Å². The smallest absolute Gasteiger partial charge is 0.254 e. The average molecular weight is 246 g/mol. The van der Waals surface area contributed by atoms with E-state index in [1.807, 2.05) is 18.2 Å². The molecule has 1 fully saturated rings. The lowest BCUT2D eigenvalue weighted by atomic mass is 10.2. The number of hydrogen-bond donors (Lipinski definition) is 3. The summed E-state index contributed by atoms with van der Waals surface area (Å²) in [6.07, 6.45) is 1.29. The highest BCUT2D eigenvalue weighted by Gasteiger charge is 2.22. The average Bonchev–Trinajstić information content (AvgIpc) is 2.89. The Bertz CT molecular complexity index is 560. The molecule has 1 atom stereocenters. The topological polar surface area (TPSA) is 79.0 Å². The summed E-state index contributed by atoms with van der Waals surface area (Å²) in [5.41, 5.74) is 1.55. The number of nitrogens with zero attached hydrogens (tertiary/aromatic N) is 1. The van der Waals surface area contributed by atoms with E-state index in [2.05, 4.69) is 20.8 Å². The van der Waals surface area contributed by atoms with Gasteiger partial charge in [0.1, 0.15) is 6.10 Å². The lowest BCUT2D eigenvalue weighted by Crippen LogP contribution is -2.45. The van der Waals surface area contributed by atoms with Gasteiger partial charge in [-0.05, 0) is 6.07 Å². The van der Waals surface area contributed by atoms with E-state index >= 15 is 0 Å². The predicted octanol–water partition coefficient (Wildman–Crippen LogP) is 0.490. The number of anilines is 1. The van der Waals surface area contributed by atoms with Crippen LogP contribution in [0.1, 0.15) is 0 Å². The Labute approximate surface area is 104 Å². The van der Waals surface area contributed by atoms with Gasteiger partial charge in [-0.2, -0.15) is 5.10 Å². The summed E-state index contributed by atoms with van der Waals surface area (Å²) in [6.45, 7) is 1.90. The number of amides is 1. The second kappa shape index (κ2) is 4.75.